The van der Waals surface area contributed by atoms with Gasteiger partial charge in [0.15, 0.2) is 5.82 Å². The Morgan fingerprint density at radius 1 is 0.966 bits per heavy atom. The Morgan fingerprint density at radius 3 is 2.00 bits per heavy atom. The summed E-state index contributed by atoms with van der Waals surface area (Å²) in [7, 11) is 0. The van der Waals surface area contributed by atoms with Crippen LogP contribution in [0.2, 0.25) is 0 Å². The Morgan fingerprint density at radius 2 is 1.52 bits per heavy atom. The average Bonchev–Trinajstić information content (AvgIpc) is 2.99. The van der Waals surface area contributed by atoms with Crippen molar-refractivity contribution in [3.8, 4) is 11.4 Å². The van der Waals surface area contributed by atoms with Gasteiger partial charge in [0.2, 0.25) is 0 Å². The van der Waals surface area contributed by atoms with Gasteiger partial charge in [0.25, 0.3) is 5.92 Å². The van der Waals surface area contributed by atoms with Crippen LogP contribution in [-0.2, 0) is 18.9 Å². The molecule has 12 heteroatoms. The lowest BCUT2D eigenvalue weighted by molar-refractivity contribution is -0.143. The Kier molecular flexibility index (Phi) is 5.18. The third-order valence-corrected chi connectivity index (χ3v) is 4.13. The van der Waals surface area contributed by atoms with Gasteiger partial charge < -0.3 is 0 Å². The van der Waals surface area contributed by atoms with Gasteiger partial charge in [-0.1, -0.05) is 6.58 Å². The van der Waals surface area contributed by atoms with Crippen LogP contribution >= 0.6 is 0 Å². The molecule has 4 nitrogen and oxygen atoms in total. The van der Waals surface area contributed by atoms with Gasteiger partial charge >= 0.3 is 12.4 Å². The molecule has 1 aliphatic rings. The summed E-state index contributed by atoms with van der Waals surface area (Å²) in [5, 5.41) is 3.89. The van der Waals surface area contributed by atoms with Crippen molar-refractivity contribution in [1.29, 1.82) is 0 Å². The molecule has 0 aliphatic carbocycles. The van der Waals surface area contributed by atoms with Crippen LogP contribution in [0.1, 0.15) is 11.1 Å². The fourth-order valence-corrected chi connectivity index (χ4v) is 2.90. The minimum atomic E-state index is -4.98. The highest BCUT2D eigenvalue weighted by Crippen LogP contribution is 2.38. The van der Waals surface area contributed by atoms with E-state index in [1.54, 1.807) is 0 Å². The molecule has 0 N–H and O–H groups in total. The quantitative estimate of drug-likeness (QED) is 0.522. The molecule has 0 spiro atoms. The predicted octanol–water partition coefficient (Wildman–Crippen LogP) is 4.49. The Hall–Kier alpha value is -2.50. The van der Waals surface area contributed by atoms with E-state index in [9.17, 15) is 35.1 Å². The van der Waals surface area contributed by atoms with Gasteiger partial charge in [-0.05, 0) is 23.8 Å². The molecular weight excluding hydrogens is 412 g/mol. The van der Waals surface area contributed by atoms with Crippen molar-refractivity contribution in [3.05, 3.63) is 47.8 Å². The lowest BCUT2D eigenvalue weighted by Crippen LogP contribution is -2.56. The number of benzene rings is 1. The summed E-state index contributed by atoms with van der Waals surface area (Å²) >= 11 is 0. The van der Waals surface area contributed by atoms with Crippen LogP contribution in [0.25, 0.3) is 11.4 Å². The van der Waals surface area contributed by atoms with E-state index in [0.29, 0.717) is 17.7 Å². The second-order valence-electron chi connectivity index (χ2n) is 6.81. The van der Waals surface area contributed by atoms with E-state index in [-0.39, 0.29) is 25.0 Å². The minimum Gasteiger partial charge on any atom is -0.287 e. The van der Waals surface area contributed by atoms with Gasteiger partial charge in [-0.3, -0.25) is 4.90 Å². The van der Waals surface area contributed by atoms with Crippen molar-refractivity contribution < 1.29 is 35.1 Å². The molecule has 2 heterocycles. The van der Waals surface area contributed by atoms with Crippen LogP contribution in [0, 0.1) is 0 Å². The van der Waals surface area contributed by atoms with Crippen molar-refractivity contribution >= 4 is 0 Å². The largest absolute Gasteiger partial charge is 0.416 e. The monoisotopic (exact) mass is 426 g/mol. The van der Waals surface area contributed by atoms with Crippen molar-refractivity contribution in [3.63, 3.8) is 0 Å². The molecule has 0 saturated carbocycles. The summed E-state index contributed by atoms with van der Waals surface area (Å²) in [6.45, 7) is 3.10. The first kappa shape index (κ1) is 21.2. The van der Waals surface area contributed by atoms with E-state index in [1.807, 2.05) is 0 Å². The van der Waals surface area contributed by atoms with Crippen LogP contribution in [0.3, 0.4) is 0 Å². The number of alkyl halides is 8. The molecule has 1 aromatic heterocycles. The first-order chi connectivity index (χ1) is 13.2. The van der Waals surface area contributed by atoms with Gasteiger partial charge in [0, 0.05) is 12.1 Å². The molecule has 0 bridgehead atoms. The second kappa shape index (κ2) is 7.08. The molecule has 1 aromatic carbocycles. The van der Waals surface area contributed by atoms with Gasteiger partial charge in [0.1, 0.15) is 6.33 Å². The van der Waals surface area contributed by atoms with Crippen LogP contribution in [-0.4, -0.2) is 45.2 Å². The van der Waals surface area contributed by atoms with E-state index in [2.05, 4.69) is 16.7 Å². The summed E-state index contributed by atoms with van der Waals surface area (Å²) in [5.74, 6) is -3.06. The fraction of sp³-hybridized carbons (Fsp3) is 0.412. The summed E-state index contributed by atoms with van der Waals surface area (Å²) in [6.07, 6.45) is -8.84. The minimum absolute atomic E-state index is 0.0190. The summed E-state index contributed by atoms with van der Waals surface area (Å²) in [6, 6.07) is 1.09. The van der Waals surface area contributed by atoms with Gasteiger partial charge in [-0.15, -0.1) is 0 Å². The lowest BCUT2D eigenvalue weighted by Gasteiger charge is -2.39. The maximum absolute atomic E-state index is 13.0. The normalized spacial score (nSPS) is 17.2. The molecule has 29 heavy (non-hydrogen) atoms. The Bertz CT molecular complexity index is 873. The van der Waals surface area contributed by atoms with Crippen LogP contribution in [0.5, 0.6) is 0 Å². The Labute approximate surface area is 159 Å². The van der Waals surface area contributed by atoms with Gasteiger partial charge in [0.05, 0.1) is 30.8 Å². The number of likely N-dealkylation sites (tertiary alicyclic amines) is 1. The number of nitrogens with zero attached hydrogens (tertiary/aromatic N) is 4. The lowest BCUT2D eigenvalue weighted by atomic mass is 10.0. The summed E-state index contributed by atoms with van der Waals surface area (Å²) in [4.78, 5) is 5.21. The highest BCUT2D eigenvalue weighted by Gasteiger charge is 2.43. The zero-order valence-corrected chi connectivity index (χ0v) is 14.7. The molecular formula is C17H14F8N4. The Balaban J connectivity index is 1.78. The SMILES string of the molecule is C=C(CN1CC(F)(F)C1)Cn1cnc(-c2cc(C(F)(F)F)cc(C(F)(F)F)c2)n1. The van der Waals surface area contributed by atoms with Crippen LogP contribution < -0.4 is 0 Å². The zero-order valence-electron chi connectivity index (χ0n) is 14.7. The third-order valence-electron chi connectivity index (χ3n) is 4.13. The maximum Gasteiger partial charge on any atom is 0.416 e. The highest BCUT2D eigenvalue weighted by molar-refractivity contribution is 5.58. The topological polar surface area (TPSA) is 34.0 Å². The summed E-state index contributed by atoms with van der Waals surface area (Å²) in [5.41, 5.74) is -2.90. The first-order valence-corrected chi connectivity index (χ1v) is 8.19. The number of aromatic nitrogens is 3. The molecule has 0 atom stereocenters. The molecule has 1 fully saturated rings. The highest BCUT2D eigenvalue weighted by atomic mass is 19.4. The van der Waals surface area contributed by atoms with Gasteiger partial charge in [-0.25, -0.2) is 18.4 Å². The molecule has 1 aliphatic heterocycles. The van der Waals surface area contributed by atoms with Crippen molar-refractivity contribution in [2.45, 2.75) is 24.8 Å². The van der Waals surface area contributed by atoms with E-state index in [0.717, 1.165) is 6.33 Å². The third kappa shape index (κ3) is 5.11. The molecule has 2 aromatic rings. The summed E-state index contributed by atoms with van der Waals surface area (Å²) < 4.78 is 105. The predicted molar refractivity (Wildman–Crippen MR) is 86.0 cm³/mol. The fourth-order valence-electron chi connectivity index (χ4n) is 2.90. The number of rotatable bonds is 5. The van der Waals surface area contributed by atoms with Crippen LogP contribution in [0.15, 0.2) is 36.7 Å². The maximum atomic E-state index is 13.0. The number of hydrogen-bond donors (Lipinski definition) is 0. The van der Waals surface area contributed by atoms with Gasteiger partial charge in [-0.2, -0.15) is 31.4 Å². The number of halogens is 8. The number of hydrogen-bond acceptors (Lipinski definition) is 3. The van der Waals surface area contributed by atoms with Crippen molar-refractivity contribution in [2.24, 2.45) is 0 Å². The standard InChI is InChI=1S/C17H14F8N4/c1-10(5-28-7-15(18,19)8-28)6-29-9-26-14(27-29)11-2-12(16(20,21)22)4-13(3-11)17(23,24)25/h2-4,9H,1,5-8H2. The zero-order chi connectivity index (χ0) is 21.6. The first-order valence-electron chi connectivity index (χ1n) is 8.19. The molecule has 3 rings (SSSR count). The van der Waals surface area contributed by atoms with E-state index < -0.39 is 48.1 Å². The van der Waals surface area contributed by atoms with Crippen molar-refractivity contribution in [2.75, 3.05) is 19.6 Å². The molecule has 1 saturated heterocycles. The van der Waals surface area contributed by atoms with Crippen molar-refractivity contribution in [1.82, 2.24) is 19.7 Å². The average molecular weight is 426 g/mol. The molecule has 158 valence electrons. The van der Waals surface area contributed by atoms with E-state index >= 15 is 0 Å². The molecule has 0 unspecified atom stereocenters. The van der Waals surface area contributed by atoms with Crippen LogP contribution in [0.4, 0.5) is 35.1 Å². The van der Waals surface area contributed by atoms with E-state index in [1.165, 1.54) is 9.58 Å². The smallest absolute Gasteiger partial charge is 0.287 e. The molecule has 0 radical (unpaired) electrons. The molecule has 0 amide bonds. The second-order valence-corrected chi connectivity index (χ2v) is 6.81. The van der Waals surface area contributed by atoms with E-state index in [4.69, 9.17) is 0 Å².